The predicted octanol–water partition coefficient (Wildman–Crippen LogP) is 5.15. The van der Waals surface area contributed by atoms with Crippen molar-refractivity contribution >= 4 is 11.6 Å². The topological polar surface area (TPSA) is 32.8 Å². The number of halogens is 1. The summed E-state index contributed by atoms with van der Waals surface area (Å²) in [7, 11) is 0. The number of rotatable bonds is 4. The fourth-order valence-corrected chi connectivity index (χ4v) is 6.41. The third kappa shape index (κ3) is 2.09. The summed E-state index contributed by atoms with van der Waals surface area (Å²) in [5, 5.41) is 11.2. The van der Waals surface area contributed by atoms with E-state index in [9.17, 15) is 5.11 Å². The molecule has 3 aliphatic rings. The van der Waals surface area contributed by atoms with Gasteiger partial charge in [-0.15, -0.1) is 0 Å². The summed E-state index contributed by atoms with van der Waals surface area (Å²) in [6, 6.07) is 8.20. The lowest BCUT2D eigenvalue weighted by Gasteiger charge is -2.47. The summed E-state index contributed by atoms with van der Waals surface area (Å²) >= 11 is 6.05. The number of ether oxygens (including phenoxy) is 1. The number of hydrogen-bond acceptors (Lipinski definition) is 2. The van der Waals surface area contributed by atoms with Crippen molar-refractivity contribution in [3.05, 3.63) is 34.9 Å². The lowest BCUT2D eigenvalue weighted by atomic mass is 9.56. The first-order valence-electron chi connectivity index (χ1n) is 9.46. The Morgan fingerprint density at radius 1 is 1.00 bits per heavy atom. The molecule has 3 heteroatoms. The molecule has 2 aliphatic carbocycles. The molecule has 1 aliphatic heterocycles. The molecule has 2 atom stereocenters. The van der Waals surface area contributed by atoms with Gasteiger partial charge in [0.2, 0.25) is 0 Å². The van der Waals surface area contributed by atoms with Gasteiger partial charge in [-0.2, -0.15) is 0 Å². The summed E-state index contributed by atoms with van der Waals surface area (Å²) in [6.07, 6.45) is 9.17. The number of epoxide rings is 1. The fourth-order valence-electron chi connectivity index (χ4n) is 6.28. The maximum Gasteiger partial charge on any atom is 0.111 e. The normalized spacial score (nSPS) is 36.3. The van der Waals surface area contributed by atoms with Gasteiger partial charge in [-0.3, -0.25) is 0 Å². The molecule has 132 valence electrons. The largest absolute Gasteiger partial charge is 0.396 e. The molecule has 2 nitrogen and oxygen atoms in total. The van der Waals surface area contributed by atoms with Crippen LogP contribution in [0.25, 0.3) is 0 Å². The summed E-state index contributed by atoms with van der Waals surface area (Å²) in [5.74, 6) is 0. The van der Waals surface area contributed by atoms with E-state index in [1.54, 1.807) is 0 Å². The molecule has 0 aromatic heterocycles. The first kappa shape index (κ1) is 16.9. The quantitative estimate of drug-likeness (QED) is 0.763. The molecule has 0 amide bonds. The Morgan fingerprint density at radius 2 is 1.67 bits per heavy atom. The zero-order valence-corrected chi connectivity index (χ0v) is 15.7. The zero-order valence-electron chi connectivity index (χ0n) is 14.9. The van der Waals surface area contributed by atoms with Crippen molar-refractivity contribution < 1.29 is 9.84 Å². The molecule has 1 heterocycles. The van der Waals surface area contributed by atoms with Crippen LogP contribution in [0.4, 0.5) is 0 Å². The Bertz CT molecular complexity index is 617. The predicted molar refractivity (Wildman–Crippen MR) is 97.3 cm³/mol. The Hall–Kier alpha value is -0.570. The Labute approximate surface area is 150 Å². The van der Waals surface area contributed by atoms with Gasteiger partial charge < -0.3 is 9.84 Å². The maximum atomic E-state index is 10.4. The lowest BCUT2D eigenvalue weighted by molar-refractivity contribution is -0.0576. The number of aliphatic hydroxyl groups excluding tert-OH is 1. The third-order valence-corrected chi connectivity index (χ3v) is 7.57. The van der Waals surface area contributed by atoms with Crippen LogP contribution in [0.15, 0.2) is 24.3 Å². The molecule has 1 aromatic carbocycles. The van der Waals surface area contributed by atoms with Crippen molar-refractivity contribution in [3.63, 3.8) is 0 Å². The van der Waals surface area contributed by atoms with Crippen molar-refractivity contribution in [2.24, 2.45) is 10.8 Å². The van der Waals surface area contributed by atoms with E-state index in [1.807, 2.05) is 12.1 Å². The lowest BCUT2D eigenvalue weighted by Crippen LogP contribution is -2.53. The second-order valence-corrected chi connectivity index (χ2v) is 9.40. The van der Waals surface area contributed by atoms with E-state index in [1.165, 1.54) is 31.2 Å². The van der Waals surface area contributed by atoms with Gasteiger partial charge in [0.25, 0.3) is 0 Å². The van der Waals surface area contributed by atoms with Crippen LogP contribution in [0.3, 0.4) is 0 Å². The van der Waals surface area contributed by atoms with Crippen molar-refractivity contribution in [2.45, 2.75) is 76.4 Å². The second kappa shape index (κ2) is 5.46. The van der Waals surface area contributed by atoms with E-state index >= 15 is 0 Å². The SMILES string of the molecule is CC1(C)CC[C@]2(Cc3ccc(Cl)cc3)O[C@]12C1(CO)CCCCC1. The number of hydrogen-bond donors (Lipinski definition) is 1. The molecule has 3 fully saturated rings. The van der Waals surface area contributed by atoms with Gasteiger partial charge in [0, 0.05) is 16.9 Å². The Balaban J connectivity index is 1.70. The zero-order chi connectivity index (χ0) is 17.1. The van der Waals surface area contributed by atoms with Gasteiger partial charge in [-0.1, -0.05) is 56.8 Å². The van der Waals surface area contributed by atoms with Crippen LogP contribution in [0.5, 0.6) is 0 Å². The van der Waals surface area contributed by atoms with Crippen LogP contribution >= 0.6 is 11.6 Å². The molecule has 24 heavy (non-hydrogen) atoms. The van der Waals surface area contributed by atoms with Gasteiger partial charge in [0.05, 0.1) is 6.61 Å². The van der Waals surface area contributed by atoms with Gasteiger partial charge >= 0.3 is 0 Å². The fraction of sp³-hybridized carbons (Fsp3) is 0.714. The highest BCUT2D eigenvalue weighted by molar-refractivity contribution is 6.30. The van der Waals surface area contributed by atoms with E-state index in [0.29, 0.717) is 0 Å². The van der Waals surface area contributed by atoms with Gasteiger partial charge in [-0.25, -0.2) is 0 Å². The molecule has 1 aromatic rings. The number of benzene rings is 1. The van der Waals surface area contributed by atoms with Crippen LogP contribution in [0.2, 0.25) is 5.02 Å². The molecule has 0 spiro atoms. The monoisotopic (exact) mass is 348 g/mol. The highest BCUT2D eigenvalue weighted by atomic mass is 35.5. The van der Waals surface area contributed by atoms with Crippen molar-refractivity contribution in [1.29, 1.82) is 0 Å². The first-order chi connectivity index (χ1) is 11.4. The van der Waals surface area contributed by atoms with Gasteiger partial charge in [0.15, 0.2) is 0 Å². The number of aliphatic hydroxyl groups is 1. The molecule has 2 saturated carbocycles. The van der Waals surface area contributed by atoms with Crippen molar-refractivity contribution in [2.75, 3.05) is 6.61 Å². The molecular formula is C21H29ClO2. The van der Waals surface area contributed by atoms with Gasteiger partial charge in [0.1, 0.15) is 11.2 Å². The van der Waals surface area contributed by atoms with E-state index in [4.69, 9.17) is 16.3 Å². The summed E-state index contributed by atoms with van der Waals surface area (Å²) in [6.45, 7) is 4.98. The molecule has 0 radical (unpaired) electrons. The first-order valence-corrected chi connectivity index (χ1v) is 9.84. The molecule has 0 unspecified atom stereocenters. The molecule has 1 N–H and O–H groups in total. The van der Waals surface area contributed by atoms with Crippen LogP contribution in [0, 0.1) is 10.8 Å². The molecule has 4 rings (SSSR count). The Kier molecular flexibility index (Phi) is 3.84. The maximum absolute atomic E-state index is 10.4. The van der Waals surface area contributed by atoms with Gasteiger partial charge in [-0.05, 0) is 48.8 Å². The minimum atomic E-state index is -0.165. The highest BCUT2D eigenvalue weighted by Crippen LogP contribution is 2.77. The van der Waals surface area contributed by atoms with Crippen molar-refractivity contribution in [3.8, 4) is 0 Å². The smallest absolute Gasteiger partial charge is 0.111 e. The van der Waals surface area contributed by atoms with Crippen LogP contribution in [-0.4, -0.2) is 22.9 Å². The highest BCUT2D eigenvalue weighted by Gasteiger charge is 2.85. The van der Waals surface area contributed by atoms with E-state index in [2.05, 4.69) is 26.0 Å². The third-order valence-electron chi connectivity index (χ3n) is 7.32. The Morgan fingerprint density at radius 3 is 2.29 bits per heavy atom. The molecule has 0 bridgehead atoms. The summed E-state index contributed by atoms with van der Waals surface area (Å²) < 4.78 is 6.72. The average Bonchev–Trinajstić information content (AvgIpc) is 3.21. The minimum absolute atomic E-state index is 0.0579. The molecule has 1 saturated heterocycles. The average molecular weight is 349 g/mol. The second-order valence-electron chi connectivity index (χ2n) is 8.96. The summed E-state index contributed by atoms with van der Waals surface area (Å²) in [5.41, 5.74) is 1.10. The minimum Gasteiger partial charge on any atom is -0.396 e. The van der Waals surface area contributed by atoms with Crippen LogP contribution in [0.1, 0.15) is 64.4 Å². The summed E-state index contributed by atoms with van der Waals surface area (Å²) in [4.78, 5) is 0. The van der Waals surface area contributed by atoms with E-state index < -0.39 is 0 Å². The number of fused-ring (bicyclic) bond motifs is 1. The standard InChI is InChI=1S/C21H29ClO2/c1-18(2)12-13-20(14-16-6-8-17(22)9-7-16)21(18,24-20)19(15-23)10-4-3-5-11-19/h6-9,23H,3-5,10-15H2,1-2H3/t20-,21+/m1/s1. The van der Waals surface area contributed by atoms with E-state index in [0.717, 1.165) is 30.7 Å². The van der Waals surface area contributed by atoms with Crippen LogP contribution < -0.4 is 0 Å². The van der Waals surface area contributed by atoms with Crippen LogP contribution in [-0.2, 0) is 11.2 Å². The van der Waals surface area contributed by atoms with Crippen molar-refractivity contribution in [1.82, 2.24) is 0 Å². The molecular weight excluding hydrogens is 320 g/mol. The van der Waals surface area contributed by atoms with E-state index in [-0.39, 0.29) is 28.6 Å².